The lowest BCUT2D eigenvalue weighted by Crippen LogP contribution is -2.61. The van der Waals surface area contributed by atoms with Crippen molar-refractivity contribution in [2.75, 3.05) is 27.2 Å². The predicted octanol–water partition coefficient (Wildman–Crippen LogP) is 2.81. The van der Waals surface area contributed by atoms with Gasteiger partial charge in [0, 0.05) is 38.0 Å². The van der Waals surface area contributed by atoms with Crippen molar-refractivity contribution in [3.63, 3.8) is 0 Å². The maximum absolute atomic E-state index is 13.8. The van der Waals surface area contributed by atoms with Gasteiger partial charge in [-0.2, -0.15) is 10.5 Å². The van der Waals surface area contributed by atoms with Gasteiger partial charge in [0.05, 0.1) is 22.0 Å². The summed E-state index contributed by atoms with van der Waals surface area (Å²) < 4.78 is 0. The Labute approximate surface area is 212 Å². The zero-order valence-electron chi connectivity index (χ0n) is 22.0. The number of hydrogen-bond acceptors (Lipinski definition) is 6. The van der Waals surface area contributed by atoms with Crippen molar-refractivity contribution in [1.82, 2.24) is 9.80 Å². The number of ketones is 2. The van der Waals surface area contributed by atoms with Crippen LogP contribution in [-0.4, -0.2) is 60.4 Å². The molecule has 36 heavy (non-hydrogen) atoms. The van der Waals surface area contributed by atoms with E-state index in [-0.39, 0.29) is 59.2 Å². The number of piperidine rings is 2. The fourth-order valence-electron chi connectivity index (χ4n) is 7.71. The maximum atomic E-state index is 13.8. The first-order valence-corrected chi connectivity index (χ1v) is 12.6. The number of nitriles is 2. The van der Waals surface area contributed by atoms with Gasteiger partial charge in [-0.15, -0.1) is 0 Å². The van der Waals surface area contributed by atoms with E-state index >= 15 is 0 Å². The van der Waals surface area contributed by atoms with Gasteiger partial charge in [-0.25, -0.2) is 0 Å². The van der Waals surface area contributed by atoms with Gasteiger partial charge in [-0.3, -0.25) is 19.2 Å². The van der Waals surface area contributed by atoms with Crippen LogP contribution in [0.4, 0.5) is 0 Å². The van der Waals surface area contributed by atoms with Crippen LogP contribution in [-0.2, 0) is 19.2 Å². The number of rotatable bonds is 3. The molecule has 0 bridgehead atoms. The Morgan fingerprint density at radius 2 is 1.33 bits per heavy atom. The summed E-state index contributed by atoms with van der Waals surface area (Å²) in [5, 5.41) is 19.6. The summed E-state index contributed by atoms with van der Waals surface area (Å²) in [6.07, 6.45) is 4.81. The van der Waals surface area contributed by atoms with Crippen molar-refractivity contribution in [3.8, 4) is 12.1 Å². The molecule has 2 fully saturated rings. The topological polar surface area (TPSA) is 122 Å². The quantitative estimate of drug-likeness (QED) is 0.599. The minimum absolute atomic E-state index is 0.0167. The molecular weight excluding hydrogens is 456 g/mol. The fourth-order valence-corrected chi connectivity index (χ4v) is 7.71. The minimum atomic E-state index is -1.11. The number of likely N-dealkylation sites (tertiary alicyclic amines) is 2. The standard InChI is InChI=1S/C28H34N4O4/c1-25(2)19-7-11-32(6)24(36)28(19,14-18(16-30)21(25)33)10-9-26(3)20-8-12-31(5)23(35)27(20,4)13-17(15-29)22(26)34/h13-14,19-20H,7-12H2,1-6H3/t19-,20+,26?,27+,28-/m1/s1. The normalized spacial score (nSPS) is 37.9. The van der Waals surface area contributed by atoms with E-state index < -0.39 is 21.7 Å². The first-order chi connectivity index (χ1) is 16.7. The SMILES string of the molecule is CN1CC[C@H]2C(C)(CC[C@@]34C=C(C#N)C(=O)C(C)(C)[C@H]3CCN(C)C4=O)C(=O)C(C#N)=C[C@]2(C)C1=O. The van der Waals surface area contributed by atoms with E-state index in [1.54, 1.807) is 50.7 Å². The Hall–Kier alpha value is -3.26. The Morgan fingerprint density at radius 3 is 1.92 bits per heavy atom. The smallest absolute Gasteiger partial charge is 0.232 e. The molecule has 0 N–H and O–H groups in total. The van der Waals surface area contributed by atoms with Crippen LogP contribution in [0.1, 0.15) is 53.4 Å². The molecule has 0 aromatic rings. The molecule has 0 radical (unpaired) electrons. The van der Waals surface area contributed by atoms with Crippen LogP contribution >= 0.6 is 0 Å². The highest BCUT2D eigenvalue weighted by molar-refractivity contribution is 6.07. The second kappa shape index (κ2) is 8.13. The van der Waals surface area contributed by atoms with Crippen LogP contribution < -0.4 is 0 Å². The van der Waals surface area contributed by atoms with E-state index in [9.17, 15) is 29.7 Å². The summed E-state index contributed by atoms with van der Waals surface area (Å²) in [5.74, 6) is -1.49. The van der Waals surface area contributed by atoms with Crippen molar-refractivity contribution >= 4 is 23.4 Å². The Kier molecular flexibility index (Phi) is 5.83. The van der Waals surface area contributed by atoms with Crippen LogP contribution in [0.3, 0.4) is 0 Å². The molecular formula is C28H34N4O4. The number of Topliss-reactive ketones (excluding diaryl/α,β-unsaturated/α-hetero) is 2. The fraction of sp³-hybridized carbons (Fsp3) is 0.643. The van der Waals surface area contributed by atoms with Crippen LogP contribution in [0.2, 0.25) is 0 Å². The summed E-state index contributed by atoms with van der Waals surface area (Å²) in [6, 6.07) is 4.02. The van der Waals surface area contributed by atoms with E-state index in [4.69, 9.17) is 0 Å². The van der Waals surface area contributed by atoms with Gasteiger partial charge in [0.15, 0.2) is 11.6 Å². The van der Waals surface area contributed by atoms with E-state index in [2.05, 4.69) is 0 Å². The van der Waals surface area contributed by atoms with Gasteiger partial charge in [0.2, 0.25) is 11.8 Å². The number of fused-ring (bicyclic) bond motifs is 2. The average Bonchev–Trinajstić information content (AvgIpc) is 2.83. The number of hydrogen-bond donors (Lipinski definition) is 0. The molecule has 0 saturated carbocycles. The third-order valence-electron chi connectivity index (χ3n) is 9.78. The molecule has 2 amide bonds. The molecule has 4 rings (SSSR count). The molecule has 0 spiro atoms. The van der Waals surface area contributed by atoms with Crippen molar-refractivity contribution in [1.29, 1.82) is 10.5 Å². The van der Waals surface area contributed by atoms with Gasteiger partial charge in [0.25, 0.3) is 0 Å². The van der Waals surface area contributed by atoms with Crippen LogP contribution in [0, 0.1) is 56.2 Å². The van der Waals surface area contributed by atoms with E-state index in [0.29, 0.717) is 25.9 Å². The molecule has 1 unspecified atom stereocenters. The lowest BCUT2D eigenvalue weighted by Gasteiger charge is -2.55. The molecule has 190 valence electrons. The molecule has 0 aromatic heterocycles. The van der Waals surface area contributed by atoms with Crippen molar-refractivity contribution in [3.05, 3.63) is 23.3 Å². The van der Waals surface area contributed by atoms with Crippen LogP contribution in [0.15, 0.2) is 23.3 Å². The summed E-state index contributed by atoms with van der Waals surface area (Å²) >= 11 is 0. The molecule has 4 aliphatic rings. The highest BCUT2D eigenvalue weighted by Gasteiger charge is 2.62. The summed E-state index contributed by atoms with van der Waals surface area (Å²) in [4.78, 5) is 57.2. The van der Waals surface area contributed by atoms with Crippen molar-refractivity contribution in [2.24, 2.45) is 33.5 Å². The van der Waals surface area contributed by atoms with E-state index in [0.717, 1.165) is 0 Å². The molecule has 0 aromatic carbocycles. The summed E-state index contributed by atoms with van der Waals surface area (Å²) in [7, 11) is 3.45. The number of allylic oxidation sites excluding steroid dienone is 2. The third-order valence-corrected chi connectivity index (χ3v) is 9.78. The zero-order chi connectivity index (χ0) is 26.8. The number of carbonyl (C=O) groups excluding carboxylic acids is 4. The Bertz CT molecular complexity index is 1220. The first-order valence-electron chi connectivity index (χ1n) is 12.6. The Morgan fingerprint density at radius 1 is 0.806 bits per heavy atom. The highest BCUT2D eigenvalue weighted by atomic mass is 16.2. The number of nitrogens with zero attached hydrogens (tertiary/aromatic N) is 4. The summed E-state index contributed by atoms with van der Waals surface area (Å²) in [6.45, 7) is 8.24. The van der Waals surface area contributed by atoms with Gasteiger partial charge in [0.1, 0.15) is 12.1 Å². The van der Waals surface area contributed by atoms with Crippen LogP contribution in [0.25, 0.3) is 0 Å². The molecule has 5 atom stereocenters. The first kappa shape index (κ1) is 25.8. The molecule has 2 aliphatic carbocycles. The van der Waals surface area contributed by atoms with Gasteiger partial charge >= 0.3 is 0 Å². The van der Waals surface area contributed by atoms with Gasteiger partial charge in [-0.05, 0) is 56.6 Å². The van der Waals surface area contributed by atoms with Gasteiger partial charge < -0.3 is 9.80 Å². The predicted molar refractivity (Wildman–Crippen MR) is 131 cm³/mol. The van der Waals surface area contributed by atoms with Crippen molar-refractivity contribution < 1.29 is 19.2 Å². The molecule has 8 heteroatoms. The highest BCUT2D eigenvalue weighted by Crippen LogP contribution is 2.59. The molecule has 2 aliphatic heterocycles. The second-order valence-corrected chi connectivity index (χ2v) is 12.1. The van der Waals surface area contributed by atoms with Crippen molar-refractivity contribution in [2.45, 2.75) is 53.4 Å². The third kappa shape index (κ3) is 3.23. The van der Waals surface area contributed by atoms with E-state index in [1.807, 2.05) is 19.1 Å². The average molecular weight is 491 g/mol. The lowest BCUT2D eigenvalue weighted by atomic mass is 9.49. The largest absolute Gasteiger partial charge is 0.345 e. The minimum Gasteiger partial charge on any atom is -0.345 e. The zero-order valence-corrected chi connectivity index (χ0v) is 22.0. The Balaban J connectivity index is 1.83. The number of carbonyl (C=O) groups is 4. The number of amides is 2. The molecule has 2 heterocycles. The summed E-state index contributed by atoms with van der Waals surface area (Å²) in [5.41, 5.74) is -4.11. The lowest BCUT2D eigenvalue weighted by molar-refractivity contribution is -0.160. The molecule has 8 nitrogen and oxygen atoms in total. The second-order valence-electron chi connectivity index (χ2n) is 12.1. The maximum Gasteiger partial charge on any atom is 0.232 e. The van der Waals surface area contributed by atoms with Crippen LogP contribution in [0.5, 0.6) is 0 Å². The monoisotopic (exact) mass is 490 g/mol. The van der Waals surface area contributed by atoms with E-state index in [1.165, 1.54) is 6.08 Å². The van der Waals surface area contributed by atoms with Gasteiger partial charge in [-0.1, -0.05) is 20.8 Å². The molecule has 2 saturated heterocycles.